The van der Waals surface area contributed by atoms with Crippen molar-refractivity contribution in [1.29, 1.82) is 0 Å². The lowest BCUT2D eigenvalue weighted by Crippen LogP contribution is -2.52. The molecule has 1 saturated heterocycles. The van der Waals surface area contributed by atoms with E-state index in [9.17, 15) is 0 Å². The summed E-state index contributed by atoms with van der Waals surface area (Å²) in [5.74, 6) is 0. The predicted molar refractivity (Wildman–Crippen MR) is 86.8 cm³/mol. The van der Waals surface area contributed by atoms with Gasteiger partial charge in [0.15, 0.2) is 0 Å². The highest BCUT2D eigenvalue weighted by Gasteiger charge is 2.34. The molecule has 2 nitrogen and oxygen atoms in total. The van der Waals surface area contributed by atoms with Crippen molar-refractivity contribution in [3.8, 4) is 0 Å². The molecule has 3 rings (SSSR count). The minimum Gasteiger partial charge on any atom is -0.370 e. The molecular weight excluding hydrogens is 268 g/mol. The second kappa shape index (κ2) is 5.95. The molecule has 110 valence electrons. The highest BCUT2D eigenvalue weighted by Crippen LogP contribution is 2.33. The van der Waals surface area contributed by atoms with E-state index in [1.54, 1.807) is 0 Å². The van der Waals surface area contributed by atoms with Crippen molar-refractivity contribution in [2.45, 2.75) is 51.0 Å². The average molecular weight is 293 g/mol. The Morgan fingerprint density at radius 1 is 1.15 bits per heavy atom. The molecule has 1 aromatic carbocycles. The van der Waals surface area contributed by atoms with Gasteiger partial charge in [0.2, 0.25) is 0 Å². The summed E-state index contributed by atoms with van der Waals surface area (Å²) >= 11 is 6.31. The normalized spacial score (nSPS) is 22.8. The first kappa shape index (κ1) is 14.2. The highest BCUT2D eigenvalue weighted by molar-refractivity contribution is 6.31. The molecule has 1 heterocycles. The third-order valence-electron chi connectivity index (χ3n) is 4.93. The Balaban J connectivity index is 1.82. The number of hydrogen-bond donors (Lipinski definition) is 1. The van der Waals surface area contributed by atoms with Crippen molar-refractivity contribution < 1.29 is 0 Å². The summed E-state index contributed by atoms with van der Waals surface area (Å²) in [7, 11) is 0. The molecule has 1 spiro atoms. The van der Waals surface area contributed by atoms with E-state index in [2.05, 4.69) is 35.3 Å². The third kappa shape index (κ3) is 2.96. The van der Waals surface area contributed by atoms with Gasteiger partial charge in [-0.2, -0.15) is 0 Å². The Kier molecular flexibility index (Phi) is 4.23. The Labute approximate surface area is 127 Å². The van der Waals surface area contributed by atoms with Crippen molar-refractivity contribution in [2.75, 3.05) is 24.5 Å². The number of halogens is 1. The summed E-state index contributed by atoms with van der Waals surface area (Å²) in [6.07, 6.45) is 8.00. The van der Waals surface area contributed by atoms with Gasteiger partial charge in [-0.05, 0) is 50.4 Å². The molecule has 1 saturated carbocycles. The first-order chi connectivity index (χ1) is 9.69. The largest absolute Gasteiger partial charge is 0.370 e. The highest BCUT2D eigenvalue weighted by atomic mass is 35.5. The van der Waals surface area contributed by atoms with Gasteiger partial charge < -0.3 is 10.2 Å². The number of nitrogens with one attached hydrogen (secondary N) is 1. The monoisotopic (exact) mass is 292 g/mol. The maximum absolute atomic E-state index is 6.31. The van der Waals surface area contributed by atoms with E-state index in [4.69, 9.17) is 11.6 Å². The molecule has 0 bridgehead atoms. The fourth-order valence-corrected chi connectivity index (χ4v) is 3.86. The summed E-state index contributed by atoms with van der Waals surface area (Å²) in [6, 6.07) is 6.51. The maximum atomic E-state index is 6.31. The fraction of sp³-hybridized carbons (Fsp3) is 0.647. The van der Waals surface area contributed by atoms with Gasteiger partial charge in [-0.25, -0.2) is 0 Å². The topological polar surface area (TPSA) is 15.3 Å². The van der Waals surface area contributed by atoms with Crippen LogP contribution in [0, 0.1) is 6.92 Å². The van der Waals surface area contributed by atoms with Gasteiger partial charge in [0, 0.05) is 29.3 Å². The minimum absolute atomic E-state index is 0.339. The number of hydrogen-bond acceptors (Lipinski definition) is 2. The molecule has 1 aliphatic heterocycles. The Morgan fingerprint density at radius 3 is 2.70 bits per heavy atom. The molecule has 0 radical (unpaired) electrons. The molecular formula is C17H25ClN2. The zero-order chi connectivity index (χ0) is 14.0. The predicted octanol–water partition coefficient (Wildman–Crippen LogP) is 4.15. The first-order valence-corrected chi connectivity index (χ1v) is 8.33. The summed E-state index contributed by atoms with van der Waals surface area (Å²) in [5.41, 5.74) is 2.79. The van der Waals surface area contributed by atoms with E-state index < -0.39 is 0 Å². The van der Waals surface area contributed by atoms with Gasteiger partial charge in [-0.1, -0.05) is 36.9 Å². The summed E-state index contributed by atoms with van der Waals surface area (Å²) in [4.78, 5) is 2.54. The van der Waals surface area contributed by atoms with E-state index in [0.29, 0.717) is 5.54 Å². The van der Waals surface area contributed by atoms with Crippen LogP contribution in [0.1, 0.15) is 44.1 Å². The van der Waals surface area contributed by atoms with Crippen LogP contribution in [0.4, 0.5) is 5.69 Å². The molecule has 3 heteroatoms. The van der Waals surface area contributed by atoms with Crippen molar-refractivity contribution in [3.63, 3.8) is 0 Å². The van der Waals surface area contributed by atoms with Crippen molar-refractivity contribution in [2.24, 2.45) is 0 Å². The summed E-state index contributed by atoms with van der Waals surface area (Å²) in [6.45, 7) is 5.48. The second-order valence-electron chi connectivity index (χ2n) is 6.48. The molecule has 0 amide bonds. The zero-order valence-electron chi connectivity index (χ0n) is 12.4. The summed E-state index contributed by atoms with van der Waals surface area (Å²) < 4.78 is 0. The van der Waals surface area contributed by atoms with E-state index in [1.165, 1.54) is 44.2 Å². The van der Waals surface area contributed by atoms with Crippen LogP contribution in [0.2, 0.25) is 5.02 Å². The maximum Gasteiger partial charge on any atom is 0.0455 e. The number of aryl methyl sites for hydroxylation is 1. The van der Waals surface area contributed by atoms with Crippen molar-refractivity contribution >= 4 is 17.3 Å². The van der Waals surface area contributed by atoms with Crippen molar-refractivity contribution in [1.82, 2.24) is 5.32 Å². The lowest BCUT2D eigenvalue weighted by molar-refractivity contribution is 0.246. The van der Waals surface area contributed by atoms with Gasteiger partial charge in [0.1, 0.15) is 0 Å². The number of anilines is 1. The lowest BCUT2D eigenvalue weighted by atomic mass is 9.81. The number of nitrogens with zero attached hydrogens (tertiary/aromatic N) is 1. The van der Waals surface area contributed by atoms with E-state index >= 15 is 0 Å². The Hall–Kier alpha value is -0.730. The Morgan fingerprint density at radius 2 is 1.95 bits per heavy atom. The smallest absolute Gasteiger partial charge is 0.0455 e. The molecule has 1 N–H and O–H groups in total. The lowest BCUT2D eigenvalue weighted by Gasteiger charge is -2.40. The third-order valence-corrected chi connectivity index (χ3v) is 5.34. The molecule has 20 heavy (non-hydrogen) atoms. The first-order valence-electron chi connectivity index (χ1n) is 7.95. The molecule has 1 aromatic rings. The quantitative estimate of drug-likeness (QED) is 0.836. The van der Waals surface area contributed by atoms with Crippen LogP contribution in [0.3, 0.4) is 0 Å². The molecule has 0 atom stereocenters. The van der Waals surface area contributed by atoms with Crippen LogP contribution in [0.15, 0.2) is 18.2 Å². The standard InChI is InChI=1S/C17H25ClN2/c1-14-6-7-15(12-16(14)18)20-11-5-10-19-17(13-20)8-3-2-4-9-17/h6-7,12,19H,2-5,8-11,13H2,1H3. The minimum atomic E-state index is 0.339. The van der Waals surface area contributed by atoms with E-state index in [1.807, 2.05) is 0 Å². The van der Waals surface area contributed by atoms with Crippen LogP contribution < -0.4 is 10.2 Å². The van der Waals surface area contributed by atoms with Gasteiger partial charge in [-0.3, -0.25) is 0 Å². The zero-order valence-corrected chi connectivity index (χ0v) is 13.2. The molecule has 0 unspecified atom stereocenters. The van der Waals surface area contributed by atoms with E-state index in [0.717, 1.165) is 30.2 Å². The van der Waals surface area contributed by atoms with Crippen molar-refractivity contribution in [3.05, 3.63) is 28.8 Å². The second-order valence-corrected chi connectivity index (χ2v) is 6.88. The number of benzene rings is 1. The van der Waals surface area contributed by atoms with Gasteiger partial charge in [0.05, 0.1) is 0 Å². The van der Waals surface area contributed by atoms with Gasteiger partial charge in [-0.15, -0.1) is 0 Å². The van der Waals surface area contributed by atoms with Gasteiger partial charge in [0.25, 0.3) is 0 Å². The molecule has 1 aliphatic carbocycles. The number of rotatable bonds is 1. The average Bonchev–Trinajstić information content (AvgIpc) is 2.66. The fourth-order valence-electron chi connectivity index (χ4n) is 3.69. The Bertz CT molecular complexity index is 466. The van der Waals surface area contributed by atoms with Crippen LogP contribution in [-0.4, -0.2) is 25.2 Å². The van der Waals surface area contributed by atoms with Crippen LogP contribution in [-0.2, 0) is 0 Å². The van der Waals surface area contributed by atoms with Crippen LogP contribution in [0.25, 0.3) is 0 Å². The SMILES string of the molecule is Cc1ccc(N2CCCNC3(CCCCC3)C2)cc1Cl. The molecule has 2 fully saturated rings. The molecule has 2 aliphatic rings. The van der Waals surface area contributed by atoms with Gasteiger partial charge >= 0.3 is 0 Å². The van der Waals surface area contributed by atoms with Crippen LogP contribution >= 0.6 is 11.6 Å². The van der Waals surface area contributed by atoms with Crippen LogP contribution in [0.5, 0.6) is 0 Å². The molecule has 0 aromatic heterocycles. The van der Waals surface area contributed by atoms with E-state index in [-0.39, 0.29) is 0 Å². The summed E-state index contributed by atoms with van der Waals surface area (Å²) in [5, 5.41) is 4.73.